The van der Waals surface area contributed by atoms with E-state index in [9.17, 15) is 4.79 Å². The number of morpholine rings is 1. The Morgan fingerprint density at radius 3 is 2.46 bits per heavy atom. The number of amides is 1. The molecule has 1 amide bonds. The van der Waals surface area contributed by atoms with Crippen molar-refractivity contribution in [1.82, 2.24) is 10.2 Å². The van der Waals surface area contributed by atoms with Gasteiger partial charge in [0.1, 0.15) is 0 Å². The van der Waals surface area contributed by atoms with Crippen LogP contribution in [0, 0.1) is 5.92 Å². The lowest BCUT2D eigenvalue weighted by Crippen LogP contribution is -2.43. The molecule has 4 nitrogen and oxygen atoms in total. The summed E-state index contributed by atoms with van der Waals surface area (Å²) in [4.78, 5) is 15.3. The van der Waals surface area contributed by atoms with Crippen molar-refractivity contribution in [3.63, 3.8) is 0 Å². The maximum Gasteiger partial charge on any atom is 0.224 e. The first-order valence-electron chi connectivity index (χ1n) is 10.1. The van der Waals surface area contributed by atoms with Crippen LogP contribution in [0.15, 0.2) is 48.5 Å². The molecule has 5 rings (SSSR count). The van der Waals surface area contributed by atoms with Gasteiger partial charge in [-0.25, -0.2) is 0 Å². The molecule has 2 aromatic carbocycles. The zero-order valence-electron chi connectivity index (χ0n) is 15.8. The summed E-state index contributed by atoms with van der Waals surface area (Å²) in [6.45, 7) is 2.49. The number of ether oxygens (including phenoxy) is 1. The van der Waals surface area contributed by atoms with Crippen LogP contribution in [0.25, 0.3) is 0 Å². The Hall–Kier alpha value is -1.88. The fraction of sp³-hybridized carbons (Fsp3) is 0.435. The zero-order chi connectivity index (χ0) is 19.1. The molecule has 146 valence electrons. The van der Waals surface area contributed by atoms with Gasteiger partial charge in [-0.15, -0.1) is 0 Å². The molecule has 28 heavy (non-hydrogen) atoms. The number of hydrogen-bond donors (Lipinski definition) is 1. The van der Waals surface area contributed by atoms with Crippen LogP contribution >= 0.6 is 11.6 Å². The van der Waals surface area contributed by atoms with E-state index in [1.54, 1.807) is 0 Å². The topological polar surface area (TPSA) is 41.6 Å². The first kappa shape index (κ1) is 18.2. The molecular formula is C23H25ClN2O2. The summed E-state index contributed by atoms with van der Waals surface area (Å²) in [6, 6.07) is 16.9. The molecule has 3 aliphatic rings. The molecule has 5 heteroatoms. The second kappa shape index (κ2) is 7.51. The van der Waals surface area contributed by atoms with Crippen molar-refractivity contribution in [2.75, 3.05) is 19.7 Å². The van der Waals surface area contributed by atoms with Crippen molar-refractivity contribution in [1.29, 1.82) is 0 Å². The number of nitrogens with one attached hydrogen (secondary N) is 1. The van der Waals surface area contributed by atoms with Crippen molar-refractivity contribution >= 4 is 17.5 Å². The predicted octanol–water partition coefficient (Wildman–Crippen LogP) is 3.39. The maximum atomic E-state index is 12.8. The van der Waals surface area contributed by atoms with Crippen LogP contribution in [0.1, 0.15) is 29.2 Å². The van der Waals surface area contributed by atoms with Gasteiger partial charge in [-0.3, -0.25) is 9.69 Å². The lowest BCUT2D eigenvalue weighted by molar-refractivity contribution is -0.125. The van der Waals surface area contributed by atoms with E-state index in [0.717, 1.165) is 37.4 Å². The maximum absolute atomic E-state index is 12.8. The molecule has 0 aromatic heterocycles. The summed E-state index contributed by atoms with van der Waals surface area (Å²) in [6.07, 6.45) is 2.78. The van der Waals surface area contributed by atoms with E-state index in [0.29, 0.717) is 12.6 Å². The average Bonchev–Trinajstić information content (AvgIpc) is 3.31. The standard InChI is InChI=1S/C23H25ClN2O2/c24-19-7-5-15(6-8-19)22-13-26-12-20(11-21(26)14-28-22)25-23(27)18-9-16-3-1-2-4-17(16)10-18/h1-8,18,20-22H,9-14H2,(H,25,27)/t20-,21+,22-/m1/s1. The Balaban J connectivity index is 1.17. The number of carbonyl (C=O) groups is 1. The Morgan fingerprint density at radius 1 is 1.04 bits per heavy atom. The molecule has 1 aliphatic carbocycles. The van der Waals surface area contributed by atoms with Crippen LogP contribution < -0.4 is 5.32 Å². The molecular weight excluding hydrogens is 372 g/mol. The van der Waals surface area contributed by atoms with Gasteiger partial charge in [-0.1, -0.05) is 48.0 Å². The van der Waals surface area contributed by atoms with Gasteiger partial charge in [-0.2, -0.15) is 0 Å². The van der Waals surface area contributed by atoms with Crippen LogP contribution in [0.3, 0.4) is 0 Å². The van der Waals surface area contributed by atoms with E-state index < -0.39 is 0 Å². The van der Waals surface area contributed by atoms with Crippen LogP contribution in [-0.2, 0) is 22.4 Å². The molecule has 0 saturated carbocycles. The summed E-state index contributed by atoms with van der Waals surface area (Å²) in [5.41, 5.74) is 3.82. The predicted molar refractivity (Wildman–Crippen MR) is 109 cm³/mol. The third-order valence-electron chi connectivity index (χ3n) is 6.43. The van der Waals surface area contributed by atoms with Gasteiger partial charge in [0, 0.05) is 36.1 Å². The van der Waals surface area contributed by atoms with Crippen molar-refractivity contribution < 1.29 is 9.53 Å². The van der Waals surface area contributed by atoms with E-state index in [1.807, 2.05) is 24.3 Å². The molecule has 2 aliphatic heterocycles. The minimum Gasteiger partial charge on any atom is -0.371 e. The fourth-order valence-electron chi connectivity index (χ4n) is 4.92. The number of fused-ring (bicyclic) bond motifs is 2. The molecule has 1 N–H and O–H groups in total. The van der Waals surface area contributed by atoms with Crippen LogP contribution in [0.2, 0.25) is 5.02 Å². The average molecular weight is 397 g/mol. The second-order valence-electron chi connectivity index (χ2n) is 8.30. The zero-order valence-corrected chi connectivity index (χ0v) is 16.6. The van der Waals surface area contributed by atoms with Crippen molar-refractivity contribution in [3.05, 3.63) is 70.2 Å². The van der Waals surface area contributed by atoms with Crippen LogP contribution in [0.4, 0.5) is 0 Å². The summed E-state index contributed by atoms with van der Waals surface area (Å²) < 4.78 is 6.12. The quantitative estimate of drug-likeness (QED) is 0.864. The molecule has 2 saturated heterocycles. The van der Waals surface area contributed by atoms with Gasteiger partial charge in [0.05, 0.1) is 12.7 Å². The number of hydrogen-bond acceptors (Lipinski definition) is 3. The van der Waals surface area contributed by atoms with E-state index in [-0.39, 0.29) is 24.0 Å². The highest BCUT2D eigenvalue weighted by molar-refractivity contribution is 6.30. The number of nitrogens with zero attached hydrogens (tertiary/aromatic N) is 1. The van der Waals surface area contributed by atoms with Gasteiger partial charge < -0.3 is 10.1 Å². The molecule has 0 bridgehead atoms. The van der Waals surface area contributed by atoms with Gasteiger partial charge in [0.2, 0.25) is 5.91 Å². The minimum absolute atomic E-state index is 0.0762. The number of halogens is 1. The van der Waals surface area contributed by atoms with Gasteiger partial charge in [-0.05, 0) is 48.1 Å². The Morgan fingerprint density at radius 2 is 1.75 bits per heavy atom. The summed E-state index contributed by atoms with van der Waals surface area (Å²) >= 11 is 6.00. The van der Waals surface area contributed by atoms with Gasteiger partial charge in [0.25, 0.3) is 0 Å². The van der Waals surface area contributed by atoms with Crippen molar-refractivity contribution in [3.8, 4) is 0 Å². The lowest BCUT2D eigenvalue weighted by Gasteiger charge is -2.35. The second-order valence-corrected chi connectivity index (χ2v) is 8.73. The van der Waals surface area contributed by atoms with E-state index in [2.05, 4.69) is 34.5 Å². The first-order chi connectivity index (χ1) is 13.7. The van der Waals surface area contributed by atoms with Crippen LogP contribution in [0.5, 0.6) is 0 Å². The Labute approximate surface area is 170 Å². The first-order valence-corrected chi connectivity index (χ1v) is 10.5. The molecule has 0 radical (unpaired) electrons. The van der Waals surface area contributed by atoms with E-state index in [4.69, 9.17) is 16.3 Å². The molecule has 3 atom stereocenters. The van der Waals surface area contributed by atoms with Crippen LogP contribution in [-0.4, -0.2) is 42.6 Å². The highest BCUT2D eigenvalue weighted by atomic mass is 35.5. The summed E-state index contributed by atoms with van der Waals surface area (Å²) in [5, 5.41) is 4.07. The number of benzene rings is 2. The van der Waals surface area contributed by atoms with Gasteiger partial charge in [0.15, 0.2) is 0 Å². The third-order valence-corrected chi connectivity index (χ3v) is 6.68. The molecule has 0 spiro atoms. The normalized spacial score (nSPS) is 27.4. The molecule has 2 fully saturated rings. The molecule has 2 aromatic rings. The highest BCUT2D eigenvalue weighted by Gasteiger charge is 2.39. The summed E-state index contributed by atoms with van der Waals surface area (Å²) in [7, 11) is 0. The minimum atomic E-state index is 0.0762. The third kappa shape index (κ3) is 3.57. The molecule has 2 heterocycles. The smallest absolute Gasteiger partial charge is 0.224 e. The van der Waals surface area contributed by atoms with E-state index in [1.165, 1.54) is 16.7 Å². The summed E-state index contributed by atoms with van der Waals surface area (Å²) in [5.74, 6) is 0.282. The largest absolute Gasteiger partial charge is 0.371 e. The SMILES string of the molecule is O=C(N[C@@H]1C[C@H]2CO[C@@H](c3ccc(Cl)cc3)CN2C1)C1Cc2ccccc2C1. The fourth-order valence-corrected chi connectivity index (χ4v) is 5.05. The Bertz CT molecular complexity index is 844. The molecule has 0 unspecified atom stereocenters. The van der Waals surface area contributed by atoms with Gasteiger partial charge >= 0.3 is 0 Å². The number of carbonyl (C=O) groups excluding carboxylic acids is 1. The Kier molecular flexibility index (Phi) is 4.87. The van der Waals surface area contributed by atoms with Crippen molar-refractivity contribution in [2.45, 2.75) is 37.5 Å². The number of rotatable bonds is 3. The van der Waals surface area contributed by atoms with E-state index >= 15 is 0 Å². The monoisotopic (exact) mass is 396 g/mol. The highest BCUT2D eigenvalue weighted by Crippen LogP contribution is 2.32. The van der Waals surface area contributed by atoms with Crippen molar-refractivity contribution in [2.24, 2.45) is 5.92 Å². The lowest BCUT2D eigenvalue weighted by atomic mass is 10.0.